The number of piperazine rings is 1. The third kappa shape index (κ3) is 4.16. The summed E-state index contributed by atoms with van der Waals surface area (Å²) >= 11 is 0. The van der Waals surface area contributed by atoms with Crippen LogP contribution < -0.4 is 10.6 Å². The summed E-state index contributed by atoms with van der Waals surface area (Å²) in [5.74, 6) is -0.868. The van der Waals surface area contributed by atoms with Gasteiger partial charge < -0.3 is 15.5 Å². The van der Waals surface area contributed by atoms with E-state index in [1.54, 1.807) is 4.90 Å². The molecule has 2 aromatic rings. The van der Waals surface area contributed by atoms with Crippen molar-refractivity contribution < 1.29 is 14.4 Å². The molecule has 6 nitrogen and oxygen atoms in total. The second-order valence-electron chi connectivity index (χ2n) is 6.72. The Hall–Kier alpha value is -3.15. The van der Waals surface area contributed by atoms with Gasteiger partial charge in [-0.25, -0.2) is 0 Å². The molecule has 0 radical (unpaired) electrons. The highest BCUT2D eigenvalue weighted by Gasteiger charge is 2.33. The first-order chi connectivity index (χ1) is 13.0. The maximum absolute atomic E-state index is 12.8. The van der Waals surface area contributed by atoms with Gasteiger partial charge in [0.05, 0.1) is 5.69 Å². The lowest BCUT2D eigenvalue weighted by Gasteiger charge is -2.40. The topological polar surface area (TPSA) is 83.7 Å². The maximum atomic E-state index is 12.8. The van der Waals surface area contributed by atoms with E-state index in [-0.39, 0.29) is 37.2 Å². The first-order valence-corrected chi connectivity index (χ1v) is 9.00. The maximum Gasteiger partial charge on any atom is 0.246 e. The molecule has 2 aromatic carbocycles. The molecule has 1 saturated heterocycles. The molecule has 1 aliphatic rings. The smallest absolute Gasteiger partial charge is 0.246 e. The Kier molecular flexibility index (Phi) is 5.54. The van der Waals surface area contributed by atoms with Crippen molar-refractivity contribution in [2.75, 3.05) is 18.0 Å². The zero-order chi connectivity index (χ0) is 19.4. The molecule has 1 fully saturated rings. The van der Waals surface area contributed by atoms with Crippen LogP contribution >= 0.6 is 0 Å². The van der Waals surface area contributed by atoms with Gasteiger partial charge in [-0.1, -0.05) is 48.5 Å². The second-order valence-corrected chi connectivity index (χ2v) is 6.72. The lowest BCUT2D eigenvalue weighted by Crippen LogP contribution is -2.57. The minimum Gasteiger partial charge on any atom is -0.370 e. The summed E-state index contributed by atoms with van der Waals surface area (Å²) in [7, 11) is 0. The number of hydrogen-bond acceptors (Lipinski definition) is 3. The average Bonchev–Trinajstić information content (AvgIpc) is 2.68. The zero-order valence-electron chi connectivity index (χ0n) is 15.3. The van der Waals surface area contributed by atoms with Crippen LogP contribution in [0.5, 0.6) is 0 Å². The van der Waals surface area contributed by atoms with Crippen molar-refractivity contribution in [3.8, 4) is 11.1 Å². The number of anilines is 1. The molecular formula is C21H23N3O3. The van der Waals surface area contributed by atoms with E-state index in [0.717, 1.165) is 16.8 Å². The van der Waals surface area contributed by atoms with Crippen molar-refractivity contribution in [2.45, 2.75) is 25.8 Å². The summed E-state index contributed by atoms with van der Waals surface area (Å²) in [5.41, 5.74) is 7.97. The van der Waals surface area contributed by atoms with E-state index in [4.69, 9.17) is 5.73 Å². The molecule has 0 unspecified atom stereocenters. The highest BCUT2D eigenvalue weighted by molar-refractivity contribution is 6.01. The number of nitrogens with two attached hydrogens (primary N) is 1. The predicted octanol–water partition coefficient (Wildman–Crippen LogP) is 2.18. The molecule has 0 bridgehead atoms. The monoisotopic (exact) mass is 365 g/mol. The van der Waals surface area contributed by atoms with E-state index in [1.807, 2.05) is 61.5 Å². The number of benzene rings is 2. The Morgan fingerprint density at radius 1 is 1.04 bits per heavy atom. The van der Waals surface area contributed by atoms with Gasteiger partial charge in [0, 0.05) is 31.0 Å². The molecule has 3 rings (SSSR count). The van der Waals surface area contributed by atoms with Gasteiger partial charge in [-0.15, -0.1) is 0 Å². The molecule has 1 aliphatic heterocycles. The third-order valence-corrected chi connectivity index (χ3v) is 4.77. The summed E-state index contributed by atoms with van der Waals surface area (Å²) in [5, 5.41) is 0. The molecule has 1 heterocycles. The molecule has 3 amide bonds. The fraction of sp³-hybridized carbons (Fsp3) is 0.286. The lowest BCUT2D eigenvalue weighted by atomic mass is 10.0. The summed E-state index contributed by atoms with van der Waals surface area (Å²) in [6.07, 6.45) is 0.0321. The van der Waals surface area contributed by atoms with Crippen molar-refractivity contribution in [3.63, 3.8) is 0 Å². The molecule has 6 heteroatoms. The van der Waals surface area contributed by atoms with Crippen LogP contribution in [0.3, 0.4) is 0 Å². The second kappa shape index (κ2) is 8.03. The van der Waals surface area contributed by atoms with Crippen LogP contribution in [0.1, 0.15) is 19.8 Å². The van der Waals surface area contributed by atoms with Gasteiger partial charge in [0.1, 0.15) is 6.54 Å². The zero-order valence-corrected chi connectivity index (χ0v) is 15.3. The van der Waals surface area contributed by atoms with Gasteiger partial charge in [0.2, 0.25) is 17.7 Å². The van der Waals surface area contributed by atoms with E-state index in [0.29, 0.717) is 6.54 Å². The molecular weight excluding hydrogens is 342 g/mol. The van der Waals surface area contributed by atoms with Crippen molar-refractivity contribution in [1.82, 2.24) is 4.90 Å². The van der Waals surface area contributed by atoms with Crippen LogP contribution in [0.25, 0.3) is 11.1 Å². The van der Waals surface area contributed by atoms with Crippen LogP contribution in [-0.2, 0) is 14.4 Å². The first kappa shape index (κ1) is 18.6. The molecule has 0 aliphatic carbocycles. The Morgan fingerprint density at radius 3 is 2.41 bits per heavy atom. The summed E-state index contributed by atoms with van der Waals surface area (Å²) < 4.78 is 0. The Morgan fingerprint density at radius 2 is 1.70 bits per heavy atom. The lowest BCUT2D eigenvalue weighted by molar-refractivity contribution is -0.140. The minimum absolute atomic E-state index is 0.00187. The van der Waals surface area contributed by atoms with Gasteiger partial charge in [0.25, 0.3) is 0 Å². The Bertz CT molecular complexity index is 851. The van der Waals surface area contributed by atoms with Crippen molar-refractivity contribution in [2.24, 2.45) is 5.73 Å². The number of rotatable bonds is 5. The molecule has 2 N–H and O–H groups in total. The van der Waals surface area contributed by atoms with Crippen LogP contribution in [0.15, 0.2) is 54.6 Å². The van der Waals surface area contributed by atoms with Crippen molar-refractivity contribution in [1.29, 1.82) is 0 Å². The van der Waals surface area contributed by atoms with E-state index in [9.17, 15) is 14.4 Å². The highest BCUT2D eigenvalue weighted by Crippen LogP contribution is 2.32. The van der Waals surface area contributed by atoms with Gasteiger partial charge in [-0.2, -0.15) is 0 Å². The predicted molar refractivity (Wildman–Crippen MR) is 104 cm³/mol. The summed E-state index contributed by atoms with van der Waals surface area (Å²) in [6.45, 7) is 2.32. The van der Waals surface area contributed by atoms with Crippen LogP contribution in [0.2, 0.25) is 0 Å². The fourth-order valence-electron chi connectivity index (χ4n) is 3.36. The molecule has 0 spiro atoms. The number of amides is 3. The van der Waals surface area contributed by atoms with Crippen LogP contribution in [-0.4, -0.2) is 41.8 Å². The molecule has 27 heavy (non-hydrogen) atoms. The van der Waals surface area contributed by atoms with E-state index < -0.39 is 5.91 Å². The summed E-state index contributed by atoms with van der Waals surface area (Å²) in [4.78, 5) is 39.3. The molecule has 1 atom stereocenters. The fourth-order valence-corrected chi connectivity index (χ4v) is 3.36. The highest BCUT2D eigenvalue weighted by atomic mass is 16.2. The van der Waals surface area contributed by atoms with Crippen LogP contribution in [0.4, 0.5) is 5.69 Å². The number of nitrogens with zero attached hydrogens (tertiary/aromatic N) is 2. The number of primary amides is 1. The van der Waals surface area contributed by atoms with E-state index in [2.05, 4.69) is 0 Å². The standard InChI is InChI=1S/C21H23N3O3/c1-15-13-24(21(27)14-23(15)20(26)12-11-19(22)25)18-10-6-5-9-17(18)16-7-3-2-4-8-16/h2-10,15H,11-14H2,1H3,(H2,22,25)/t15-/m1/s1. The average molecular weight is 365 g/mol. The number of hydrogen-bond donors (Lipinski definition) is 1. The van der Waals surface area contributed by atoms with E-state index in [1.165, 1.54) is 4.90 Å². The van der Waals surface area contributed by atoms with Gasteiger partial charge in [0.15, 0.2) is 0 Å². The molecule has 140 valence electrons. The Labute approximate surface area is 158 Å². The third-order valence-electron chi connectivity index (χ3n) is 4.77. The largest absolute Gasteiger partial charge is 0.370 e. The van der Waals surface area contributed by atoms with Gasteiger partial charge in [-0.05, 0) is 18.6 Å². The first-order valence-electron chi connectivity index (χ1n) is 9.00. The summed E-state index contributed by atoms with van der Waals surface area (Å²) in [6, 6.07) is 17.5. The van der Waals surface area contributed by atoms with Crippen LogP contribution in [0, 0.1) is 0 Å². The van der Waals surface area contributed by atoms with Crippen molar-refractivity contribution >= 4 is 23.4 Å². The SMILES string of the molecule is C[C@@H]1CN(c2ccccc2-c2ccccc2)C(=O)CN1C(=O)CCC(N)=O. The Balaban J connectivity index is 1.82. The minimum atomic E-state index is -0.516. The molecule has 0 aromatic heterocycles. The van der Waals surface area contributed by atoms with E-state index >= 15 is 0 Å². The quantitative estimate of drug-likeness (QED) is 0.881. The van der Waals surface area contributed by atoms with Crippen molar-refractivity contribution in [3.05, 3.63) is 54.6 Å². The number of para-hydroxylation sites is 1. The normalized spacial score (nSPS) is 17.1. The van der Waals surface area contributed by atoms with Gasteiger partial charge >= 0.3 is 0 Å². The molecule has 0 saturated carbocycles. The number of carbonyl (C=O) groups excluding carboxylic acids is 3. The van der Waals surface area contributed by atoms with Gasteiger partial charge in [-0.3, -0.25) is 14.4 Å². The number of carbonyl (C=O) groups is 3.